The number of nitrogens with two attached hydrogens (primary N) is 1. The van der Waals surface area contributed by atoms with Crippen molar-refractivity contribution in [3.05, 3.63) is 71.1 Å². The number of nitrogen functional groups attached to an aromatic ring is 1. The lowest BCUT2D eigenvalue weighted by Gasteiger charge is -2.22. The van der Waals surface area contributed by atoms with Crippen LogP contribution in [0.2, 0.25) is 0 Å². The maximum absolute atomic E-state index is 14.3. The van der Waals surface area contributed by atoms with E-state index in [-0.39, 0.29) is 5.82 Å². The van der Waals surface area contributed by atoms with E-state index in [2.05, 4.69) is 15.7 Å². The molecule has 8 heteroatoms. The highest BCUT2D eigenvalue weighted by Crippen LogP contribution is 2.37. The van der Waals surface area contributed by atoms with Gasteiger partial charge >= 0.3 is 0 Å². The van der Waals surface area contributed by atoms with Crippen molar-refractivity contribution in [2.45, 2.75) is 45.8 Å². The van der Waals surface area contributed by atoms with Crippen LogP contribution in [0.25, 0.3) is 16.9 Å². The Hall–Kier alpha value is -3.68. The van der Waals surface area contributed by atoms with Gasteiger partial charge in [0.15, 0.2) is 11.6 Å². The molecule has 1 aliphatic heterocycles. The van der Waals surface area contributed by atoms with Crippen molar-refractivity contribution in [3.8, 4) is 22.7 Å². The maximum Gasteiger partial charge on any atom is 0.166 e. The van der Waals surface area contributed by atoms with Crippen molar-refractivity contribution < 1.29 is 9.13 Å². The van der Waals surface area contributed by atoms with Crippen molar-refractivity contribution in [2.75, 3.05) is 5.73 Å². The minimum Gasteiger partial charge on any atom is -0.482 e. The summed E-state index contributed by atoms with van der Waals surface area (Å²) in [5, 5.41) is 9.48. The van der Waals surface area contributed by atoms with Gasteiger partial charge in [0.05, 0.1) is 23.3 Å². The van der Waals surface area contributed by atoms with Gasteiger partial charge in [-0.25, -0.2) is 14.1 Å². The van der Waals surface area contributed by atoms with Gasteiger partial charge in [-0.1, -0.05) is 0 Å². The summed E-state index contributed by atoms with van der Waals surface area (Å²) < 4.78 is 24.5. The molecule has 2 bridgehead atoms. The van der Waals surface area contributed by atoms with E-state index in [1.54, 1.807) is 12.3 Å². The number of hydrogen-bond acceptors (Lipinski definition) is 5. The second-order valence-corrected chi connectivity index (χ2v) is 9.08. The minimum absolute atomic E-state index is 0.297. The predicted octanol–water partition coefficient (Wildman–Crippen LogP) is 4.61. The summed E-state index contributed by atoms with van der Waals surface area (Å²) in [6.45, 7) is 4.73. The van der Waals surface area contributed by atoms with E-state index in [4.69, 9.17) is 20.7 Å². The van der Waals surface area contributed by atoms with Crippen LogP contribution in [-0.4, -0.2) is 24.5 Å². The molecular weight excluding hydrogens is 419 g/mol. The number of nitrogens with zero attached hydrogens (tertiary/aromatic N) is 5. The van der Waals surface area contributed by atoms with Crippen LogP contribution in [0.4, 0.5) is 10.2 Å². The second-order valence-electron chi connectivity index (χ2n) is 9.08. The minimum atomic E-state index is -0.470. The van der Waals surface area contributed by atoms with E-state index in [1.165, 1.54) is 25.0 Å². The van der Waals surface area contributed by atoms with E-state index in [0.717, 1.165) is 40.4 Å². The number of fused-ring (bicyclic) bond motifs is 7. The predicted molar refractivity (Wildman–Crippen MR) is 123 cm³/mol. The van der Waals surface area contributed by atoms with Gasteiger partial charge in [-0.2, -0.15) is 10.2 Å². The second kappa shape index (κ2) is 7.43. The topological polar surface area (TPSA) is 83.8 Å². The van der Waals surface area contributed by atoms with Crippen LogP contribution in [0.5, 0.6) is 5.75 Å². The molecule has 7 nitrogen and oxygen atoms in total. The molecule has 1 aliphatic carbocycles. The number of aryl methyl sites for hydroxylation is 1. The lowest BCUT2D eigenvalue weighted by atomic mass is 10.0. The lowest BCUT2D eigenvalue weighted by molar-refractivity contribution is 0.226. The van der Waals surface area contributed by atoms with Crippen molar-refractivity contribution >= 4 is 5.82 Å². The third kappa shape index (κ3) is 3.55. The van der Waals surface area contributed by atoms with E-state index < -0.39 is 6.10 Å². The van der Waals surface area contributed by atoms with Crippen LogP contribution < -0.4 is 10.5 Å². The Morgan fingerprint density at radius 1 is 1.18 bits per heavy atom. The van der Waals surface area contributed by atoms with Crippen LogP contribution in [0.15, 0.2) is 42.7 Å². The van der Waals surface area contributed by atoms with Crippen molar-refractivity contribution in [1.29, 1.82) is 0 Å². The Balaban J connectivity index is 1.60. The third-order valence-corrected chi connectivity index (χ3v) is 6.43. The Kier molecular flexibility index (Phi) is 4.50. The molecule has 1 saturated carbocycles. The molecule has 1 atom stereocenters. The van der Waals surface area contributed by atoms with E-state index in [0.29, 0.717) is 29.5 Å². The number of aromatic nitrogens is 5. The Morgan fingerprint density at radius 3 is 2.85 bits per heavy atom. The fourth-order valence-electron chi connectivity index (χ4n) is 4.63. The zero-order valence-electron chi connectivity index (χ0n) is 18.6. The standard InChI is InChI=1S/C25H25FN6O/c1-14-7-20-8-17-12-29-31(13-16-3-4-16)24(17)18-9-23(25(27)28-11-18)33-15(2)21-10-19(26)5-6-22(21)32(20)30-14/h5-7,9-12,15-16H,3-4,8,13H2,1-2H3,(H2,27,28)/t15-/m1/s1. The number of anilines is 1. The third-order valence-electron chi connectivity index (χ3n) is 6.43. The van der Waals surface area contributed by atoms with Gasteiger partial charge in [0.25, 0.3) is 0 Å². The molecule has 6 rings (SSSR count). The molecule has 0 saturated heterocycles. The van der Waals surface area contributed by atoms with Gasteiger partial charge in [0.2, 0.25) is 0 Å². The first-order valence-corrected chi connectivity index (χ1v) is 11.3. The van der Waals surface area contributed by atoms with E-state index in [1.807, 2.05) is 30.8 Å². The van der Waals surface area contributed by atoms with Crippen molar-refractivity contribution in [1.82, 2.24) is 24.5 Å². The first-order chi connectivity index (χ1) is 16.0. The molecule has 0 amide bonds. The summed E-state index contributed by atoms with van der Waals surface area (Å²) in [5.41, 5.74) is 12.5. The van der Waals surface area contributed by atoms with E-state index in [9.17, 15) is 4.39 Å². The quantitative estimate of drug-likeness (QED) is 0.488. The van der Waals surface area contributed by atoms with Crippen LogP contribution >= 0.6 is 0 Å². The number of ether oxygens (including phenoxy) is 1. The Labute approximate surface area is 191 Å². The molecule has 0 radical (unpaired) electrons. The number of benzene rings is 1. The van der Waals surface area contributed by atoms with Crippen LogP contribution in [-0.2, 0) is 13.0 Å². The largest absolute Gasteiger partial charge is 0.482 e. The average molecular weight is 445 g/mol. The highest BCUT2D eigenvalue weighted by Gasteiger charge is 2.27. The summed E-state index contributed by atoms with van der Waals surface area (Å²) in [5.74, 6) is 1.11. The first kappa shape index (κ1) is 20.0. The van der Waals surface area contributed by atoms with Crippen LogP contribution in [0.3, 0.4) is 0 Å². The first-order valence-electron chi connectivity index (χ1n) is 11.3. The van der Waals surface area contributed by atoms with Gasteiger partial charge < -0.3 is 10.5 Å². The summed E-state index contributed by atoms with van der Waals surface area (Å²) in [4.78, 5) is 4.42. The zero-order valence-corrected chi connectivity index (χ0v) is 18.6. The molecular formula is C25H25FN6O. The molecule has 0 spiro atoms. The lowest BCUT2D eigenvalue weighted by Crippen LogP contribution is -2.14. The SMILES string of the molecule is Cc1cc2n(n1)-c1ccc(F)cc1[C@@H](C)Oc1cc(cnc1N)-c1c(cnn1CC1CC1)C2. The molecule has 0 unspecified atom stereocenters. The number of hydrogen-bond donors (Lipinski definition) is 1. The molecule has 4 aromatic rings. The van der Waals surface area contributed by atoms with Gasteiger partial charge in [-0.15, -0.1) is 0 Å². The molecule has 1 aromatic carbocycles. The fraction of sp³-hybridized carbons (Fsp3) is 0.320. The molecule has 168 valence electrons. The number of halogens is 1. The van der Waals surface area contributed by atoms with Crippen LogP contribution in [0.1, 0.15) is 48.4 Å². The monoisotopic (exact) mass is 444 g/mol. The molecule has 33 heavy (non-hydrogen) atoms. The highest BCUT2D eigenvalue weighted by atomic mass is 19.1. The molecule has 3 aromatic heterocycles. The number of pyridine rings is 1. The number of rotatable bonds is 2. The van der Waals surface area contributed by atoms with Crippen LogP contribution in [0, 0.1) is 18.7 Å². The fourth-order valence-corrected chi connectivity index (χ4v) is 4.63. The molecule has 1 fully saturated rings. The smallest absolute Gasteiger partial charge is 0.166 e. The van der Waals surface area contributed by atoms with Gasteiger partial charge in [-0.3, -0.25) is 4.68 Å². The molecule has 2 aliphatic rings. The maximum atomic E-state index is 14.3. The van der Waals surface area contributed by atoms with Gasteiger partial charge in [0.1, 0.15) is 11.9 Å². The summed E-state index contributed by atoms with van der Waals surface area (Å²) in [6.07, 6.45) is 6.34. The molecule has 2 N–H and O–H groups in total. The zero-order chi connectivity index (χ0) is 22.7. The van der Waals surface area contributed by atoms with Gasteiger partial charge in [-0.05, 0) is 62.9 Å². The summed E-state index contributed by atoms with van der Waals surface area (Å²) >= 11 is 0. The Bertz CT molecular complexity index is 1370. The summed E-state index contributed by atoms with van der Waals surface area (Å²) in [6, 6.07) is 8.69. The highest BCUT2D eigenvalue weighted by molar-refractivity contribution is 5.68. The average Bonchev–Trinajstić information content (AvgIpc) is 3.41. The molecule has 4 heterocycles. The normalized spacial score (nSPS) is 17.2. The van der Waals surface area contributed by atoms with Crippen molar-refractivity contribution in [3.63, 3.8) is 0 Å². The van der Waals surface area contributed by atoms with Gasteiger partial charge in [0, 0.05) is 41.5 Å². The van der Waals surface area contributed by atoms with Crippen molar-refractivity contribution in [2.24, 2.45) is 5.92 Å². The van der Waals surface area contributed by atoms with E-state index >= 15 is 0 Å². The summed E-state index contributed by atoms with van der Waals surface area (Å²) in [7, 11) is 0. The Morgan fingerprint density at radius 2 is 2.03 bits per heavy atom.